The second-order valence-corrected chi connectivity index (χ2v) is 13.3. The monoisotopic (exact) mass is 691 g/mol. The van der Waals surface area contributed by atoms with Crippen LogP contribution in [-0.2, 0) is 0 Å². The molecular weight excluding hydrogens is 665 g/mol. The molecule has 1 fully saturated rings. The lowest BCUT2D eigenvalue weighted by atomic mass is 9.83. The van der Waals surface area contributed by atoms with Crippen molar-refractivity contribution in [3.63, 3.8) is 0 Å². The average molecular weight is 691 g/mol. The minimum absolute atomic E-state index is 0.159. The SMILES string of the molecule is [B]C(O)(CCF)N1CC(Oc2ccc(Oc3c(C(=O)c4c(C)cc(F)cc4C)sc4cc(PI)ccc34)cc2)C1. The number of carbonyl (C=O) groups excluding carboxylic acids is 1. The van der Waals surface area contributed by atoms with Crippen molar-refractivity contribution in [1.82, 2.24) is 4.90 Å². The Morgan fingerprint density at radius 1 is 1.15 bits per heavy atom. The van der Waals surface area contributed by atoms with E-state index in [-0.39, 0.29) is 24.1 Å². The van der Waals surface area contributed by atoms with Gasteiger partial charge in [0.2, 0.25) is 5.78 Å². The van der Waals surface area contributed by atoms with Crippen molar-refractivity contribution in [3.05, 3.63) is 82.0 Å². The smallest absolute Gasteiger partial charge is 0.207 e. The molecule has 0 aliphatic carbocycles. The highest BCUT2D eigenvalue weighted by atomic mass is 127. The first kappa shape index (κ1) is 29.4. The molecule has 2 radical (unpaired) electrons. The number of thiophene rings is 1. The van der Waals surface area contributed by atoms with Crippen molar-refractivity contribution >= 4 is 68.6 Å². The van der Waals surface area contributed by atoms with Crippen LogP contribution in [0, 0.1) is 19.7 Å². The van der Waals surface area contributed by atoms with Gasteiger partial charge in [0, 0.05) is 35.2 Å². The number of hydrogen-bond donors (Lipinski definition) is 1. The molecule has 0 bridgehead atoms. The van der Waals surface area contributed by atoms with E-state index in [4.69, 9.17) is 17.3 Å². The lowest BCUT2D eigenvalue weighted by Crippen LogP contribution is -2.64. The predicted octanol–water partition coefficient (Wildman–Crippen LogP) is 6.57. The summed E-state index contributed by atoms with van der Waals surface area (Å²) in [5, 5.41) is 12.1. The molecule has 3 aromatic carbocycles. The molecule has 1 N–H and O–H groups in total. The van der Waals surface area contributed by atoms with Gasteiger partial charge in [0.05, 0.1) is 12.3 Å². The average Bonchev–Trinajstić information content (AvgIpc) is 3.23. The Hall–Kier alpha value is -2.11. The first-order chi connectivity index (χ1) is 19.1. The van der Waals surface area contributed by atoms with E-state index in [1.165, 1.54) is 28.8 Å². The Kier molecular flexibility index (Phi) is 8.83. The molecule has 40 heavy (non-hydrogen) atoms. The summed E-state index contributed by atoms with van der Waals surface area (Å²) in [5.41, 5.74) is -0.0421. The number of ketones is 1. The third-order valence-electron chi connectivity index (χ3n) is 6.89. The largest absolute Gasteiger partial charge is 0.488 e. The van der Waals surface area contributed by atoms with Gasteiger partial charge in [-0.1, -0.05) is 28.1 Å². The molecule has 4 aromatic rings. The summed E-state index contributed by atoms with van der Waals surface area (Å²) in [5.74, 6) is 1.03. The zero-order chi connectivity index (χ0) is 28.6. The Morgan fingerprint density at radius 3 is 2.42 bits per heavy atom. The van der Waals surface area contributed by atoms with E-state index in [1.54, 1.807) is 43.0 Å². The fourth-order valence-corrected chi connectivity index (χ4v) is 7.36. The van der Waals surface area contributed by atoms with Gasteiger partial charge in [-0.2, -0.15) is 0 Å². The number of hydrogen-bond acceptors (Lipinski definition) is 6. The highest BCUT2D eigenvalue weighted by molar-refractivity contribution is 14.2. The van der Waals surface area contributed by atoms with Gasteiger partial charge >= 0.3 is 0 Å². The van der Waals surface area contributed by atoms with Gasteiger partial charge in [-0.05, 0) is 85.0 Å². The molecular formula is C29H26BF2INO4PS. The molecule has 0 saturated carbocycles. The fourth-order valence-electron chi connectivity index (χ4n) is 4.79. The van der Waals surface area contributed by atoms with Gasteiger partial charge in [-0.3, -0.25) is 14.1 Å². The first-order valence-corrected chi connectivity index (χ1v) is 17.5. The number of likely N-dealkylation sites (tertiary alicyclic amines) is 1. The molecule has 1 aliphatic rings. The number of benzene rings is 3. The van der Waals surface area contributed by atoms with Crippen molar-refractivity contribution in [3.8, 4) is 17.2 Å². The number of nitrogens with zero attached hydrogens (tertiary/aromatic N) is 1. The summed E-state index contributed by atoms with van der Waals surface area (Å²) in [6.45, 7) is 3.55. The number of ether oxygens (including phenoxy) is 2. The van der Waals surface area contributed by atoms with Crippen LogP contribution in [0.2, 0.25) is 0 Å². The van der Waals surface area contributed by atoms with E-state index in [9.17, 15) is 18.7 Å². The molecule has 0 amide bonds. The molecule has 2 atom stereocenters. The molecule has 1 saturated heterocycles. The van der Waals surface area contributed by atoms with Crippen LogP contribution >= 0.6 is 39.6 Å². The standard InChI is InChI=1S/C29H26BF2INO4PS/c1-16-11-18(32)12-17(2)25(16)26(35)28-27(23-8-7-22(39-33)13-24(23)40-28)38-20-5-3-19(4-6-20)37-21-14-34(15-21)29(30,36)9-10-31/h3-8,11-13,21,36,39H,9-10,14-15H2,1-2H3. The number of aryl methyl sites for hydroxylation is 2. The maximum atomic E-state index is 14.0. The summed E-state index contributed by atoms with van der Waals surface area (Å²) < 4.78 is 39.8. The van der Waals surface area contributed by atoms with E-state index in [2.05, 4.69) is 28.1 Å². The number of alkyl halides is 1. The normalized spacial score (nSPS) is 15.8. The second kappa shape index (κ2) is 12.0. The minimum atomic E-state index is -1.67. The Morgan fingerprint density at radius 2 is 1.80 bits per heavy atom. The van der Waals surface area contributed by atoms with Crippen LogP contribution in [-0.4, -0.2) is 55.1 Å². The minimum Gasteiger partial charge on any atom is -0.488 e. The van der Waals surface area contributed by atoms with Crippen LogP contribution in [0.4, 0.5) is 8.78 Å². The molecule has 206 valence electrons. The molecule has 0 spiro atoms. The predicted molar refractivity (Wildman–Crippen MR) is 167 cm³/mol. The quantitative estimate of drug-likeness (QED) is 0.0883. The van der Waals surface area contributed by atoms with E-state index >= 15 is 0 Å². The first-order valence-electron chi connectivity index (χ1n) is 12.6. The zero-order valence-electron chi connectivity index (χ0n) is 21.8. The van der Waals surface area contributed by atoms with E-state index < -0.39 is 12.3 Å². The van der Waals surface area contributed by atoms with Crippen molar-refractivity contribution < 1.29 is 28.2 Å². The lowest BCUT2D eigenvalue weighted by molar-refractivity contribution is -0.123. The van der Waals surface area contributed by atoms with Crippen LogP contribution in [0.1, 0.15) is 32.8 Å². The molecule has 2 unspecified atom stereocenters. The topological polar surface area (TPSA) is 59.0 Å². The van der Waals surface area contributed by atoms with Crippen LogP contribution in [0.25, 0.3) is 10.1 Å². The highest BCUT2D eigenvalue weighted by Crippen LogP contribution is 2.43. The summed E-state index contributed by atoms with van der Waals surface area (Å²) in [6, 6.07) is 15.9. The van der Waals surface area contributed by atoms with Gasteiger partial charge in [-0.25, -0.2) is 4.39 Å². The molecule has 11 heteroatoms. The van der Waals surface area contributed by atoms with Gasteiger partial charge in [-0.15, -0.1) is 11.3 Å². The number of halogens is 3. The van der Waals surface area contributed by atoms with Crippen LogP contribution in [0.15, 0.2) is 54.6 Å². The van der Waals surface area contributed by atoms with E-state index in [0.717, 1.165) is 10.1 Å². The Balaban J connectivity index is 1.39. The number of fused-ring (bicyclic) bond motifs is 1. The summed E-state index contributed by atoms with van der Waals surface area (Å²) in [6.07, 6.45) is 0.247. The van der Waals surface area contributed by atoms with Crippen molar-refractivity contribution in [2.75, 3.05) is 19.8 Å². The Bertz CT molecular complexity index is 1540. The maximum Gasteiger partial charge on any atom is 0.207 e. The van der Waals surface area contributed by atoms with E-state index in [1.807, 2.05) is 12.1 Å². The number of rotatable bonds is 10. The van der Waals surface area contributed by atoms with Crippen molar-refractivity contribution in [2.24, 2.45) is 0 Å². The molecule has 5 rings (SSSR count). The third-order valence-corrected chi connectivity index (χ3v) is 10.4. The van der Waals surface area contributed by atoms with Crippen molar-refractivity contribution in [1.29, 1.82) is 0 Å². The van der Waals surface area contributed by atoms with Crippen molar-refractivity contribution in [2.45, 2.75) is 32.0 Å². The van der Waals surface area contributed by atoms with Crippen LogP contribution in [0.5, 0.6) is 17.2 Å². The summed E-state index contributed by atoms with van der Waals surface area (Å²) >= 11 is 3.71. The fraction of sp³-hybridized carbons (Fsp3) is 0.276. The van der Waals surface area contributed by atoms with E-state index in [0.29, 0.717) is 58.1 Å². The summed E-state index contributed by atoms with van der Waals surface area (Å²) in [4.78, 5) is 15.9. The lowest BCUT2D eigenvalue weighted by Gasteiger charge is -2.47. The zero-order valence-corrected chi connectivity index (χ0v) is 25.8. The van der Waals surface area contributed by atoms with Crippen LogP contribution in [0.3, 0.4) is 0 Å². The molecule has 2 heterocycles. The number of carbonyl (C=O) groups is 1. The molecule has 5 nitrogen and oxygen atoms in total. The second-order valence-electron chi connectivity index (χ2n) is 9.85. The maximum absolute atomic E-state index is 14.0. The van der Waals surface area contributed by atoms with Gasteiger partial charge in [0.15, 0.2) is 5.75 Å². The third kappa shape index (κ3) is 6.06. The van der Waals surface area contributed by atoms with Gasteiger partial charge in [0.25, 0.3) is 0 Å². The molecule has 1 aliphatic heterocycles. The number of aliphatic hydroxyl groups is 1. The van der Waals surface area contributed by atoms with Crippen LogP contribution < -0.4 is 14.8 Å². The molecule has 1 aromatic heterocycles. The van der Waals surface area contributed by atoms with Gasteiger partial charge in [0.1, 0.15) is 36.1 Å². The Labute approximate surface area is 251 Å². The van der Waals surface area contributed by atoms with Gasteiger partial charge < -0.3 is 14.6 Å². The highest BCUT2D eigenvalue weighted by Gasteiger charge is 2.39. The summed E-state index contributed by atoms with van der Waals surface area (Å²) in [7, 11) is 5.75.